The van der Waals surface area contributed by atoms with Gasteiger partial charge in [0, 0.05) is 4.88 Å². The van der Waals surface area contributed by atoms with Crippen LogP contribution in [0.25, 0.3) is 0 Å². The number of hydrogen-bond acceptors (Lipinski definition) is 5. The van der Waals surface area contributed by atoms with Crippen LogP contribution in [0.2, 0.25) is 0 Å². The van der Waals surface area contributed by atoms with Gasteiger partial charge in [-0.25, -0.2) is 0 Å². The smallest absolute Gasteiger partial charge is 0.262 e. The maximum absolute atomic E-state index is 12.3. The minimum atomic E-state index is -0.269. The van der Waals surface area contributed by atoms with Crippen LogP contribution < -0.4 is 14.8 Å². The Balaban J connectivity index is 1.29. The third-order valence-corrected chi connectivity index (χ3v) is 6.19. The standard InChI is InChI=1S/C24H22N2O3S/c25-14-21-20-8-4-5-9-22(20)30-24(21)26-23(27)16-29-19-12-10-18(11-13-19)28-15-17-6-2-1-3-7-17/h1-3,6-7,10-13H,4-5,8-9,15-16H2,(H,26,27). The van der Waals surface area contributed by atoms with E-state index >= 15 is 0 Å². The molecule has 0 saturated heterocycles. The largest absolute Gasteiger partial charge is 0.489 e. The Labute approximate surface area is 179 Å². The summed E-state index contributed by atoms with van der Waals surface area (Å²) < 4.78 is 11.3. The lowest BCUT2D eigenvalue weighted by Gasteiger charge is -2.09. The zero-order chi connectivity index (χ0) is 20.8. The Morgan fingerprint density at radius 1 is 1.00 bits per heavy atom. The zero-order valence-corrected chi connectivity index (χ0v) is 17.3. The van der Waals surface area contributed by atoms with E-state index in [1.807, 2.05) is 42.5 Å². The summed E-state index contributed by atoms with van der Waals surface area (Å²) in [5, 5.41) is 13.0. The molecule has 1 N–H and O–H groups in total. The van der Waals surface area contributed by atoms with Gasteiger partial charge in [0.05, 0.1) is 5.56 Å². The molecule has 1 heterocycles. The Morgan fingerprint density at radius 2 is 1.70 bits per heavy atom. The van der Waals surface area contributed by atoms with Gasteiger partial charge in [-0.05, 0) is 61.1 Å². The third-order valence-electron chi connectivity index (χ3n) is 4.98. The molecule has 152 valence electrons. The predicted octanol–water partition coefficient (Wildman–Crippen LogP) is 5.10. The summed E-state index contributed by atoms with van der Waals surface area (Å²) in [7, 11) is 0. The van der Waals surface area contributed by atoms with Crippen molar-refractivity contribution in [3.05, 3.63) is 76.2 Å². The molecule has 0 radical (unpaired) electrons. The van der Waals surface area contributed by atoms with Gasteiger partial charge in [0.1, 0.15) is 29.2 Å². The molecule has 0 bridgehead atoms. The summed E-state index contributed by atoms with van der Waals surface area (Å²) in [6.45, 7) is 0.382. The fourth-order valence-corrected chi connectivity index (χ4v) is 4.71. The third kappa shape index (κ3) is 4.81. The van der Waals surface area contributed by atoms with Gasteiger partial charge >= 0.3 is 0 Å². The molecule has 5 nitrogen and oxygen atoms in total. The highest BCUT2D eigenvalue weighted by molar-refractivity contribution is 7.16. The molecule has 0 aliphatic heterocycles. The second kappa shape index (κ2) is 9.47. The van der Waals surface area contributed by atoms with Crippen LogP contribution in [0.15, 0.2) is 54.6 Å². The first kappa shape index (κ1) is 20.0. The van der Waals surface area contributed by atoms with E-state index in [4.69, 9.17) is 9.47 Å². The second-order valence-electron chi connectivity index (χ2n) is 7.11. The number of amides is 1. The maximum Gasteiger partial charge on any atom is 0.262 e. The van der Waals surface area contributed by atoms with Gasteiger partial charge in [-0.2, -0.15) is 5.26 Å². The Kier molecular flexibility index (Phi) is 6.31. The molecule has 30 heavy (non-hydrogen) atoms. The molecule has 1 aromatic heterocycles. The quantitative estimate of drug-likeness (QED) is 0.580. The van der Waals surface area contributed by atoms with E-state index in [9.17, 15) is 10.1 Å². The zero-order valence-electron chi connectivity index (χ0n) is 16.5. The number of ether oxygens (including phenoxy) is 2. The van der Waals surface area contributed by atoms with Crippen molar-refractivity contribution in [1.29, 1.82) is 5.26 Å². The van der Waals surface area contributed by atoms with Crippen LogP contribution in [0.4, 0.5) is 5.00 Å². The van der Waals surface area contributed by atoms with Crippen LogP contribution in [0.3, 0.4) is 0 Å². The number of hydrogen-bond donors (Lipinski definition) is 1. The highest BCUT2D eigenvalue weighted by Crippen LogP contribution is 2.37. The van der Waals surface area contributed by atoms with E-state index in [-0.39, 0.29) is 12.5 Å². The molecule has 0 saturated carbocycles. The van der Waals surface area contributed by atoms with Crippen molar-refractivity contribution in [3.8, 4) is 17.6 Å². The van der Waals surface area contributed by atoms with Crippen molar-refractivity contribution in [2.24, 2.45) is 0 Å². The summed E-state index contributed by atoms with van der Waals surface area (Å²) in [4.78, 5) is 13.6. The van der Waals surface area contributed by atoms with Gasteiger partial charge in [0.15, 0.2) is 6.61 Å². The molecule has 0 unspecified atom stereocenters. The summed E-state index contributed by atoms with van der Waals surface area (Å²) in [5.41, 5.74) is 2.82. The van der Waals surface area contributed by atoms with Crippen molar-refractivity contribution < 1.29 is 14.3 Å². The molecule has 1 amide bonds. The fraction of sp³-hybridized carbons (Fsp3) is 0.250. The van der Waals surface area contributed by atoms with Crippen LogP contribution in [-0.2, 0) is 24.2 Å². The van der Waals surface area contributed by atoms with Gasteiger partial charge in [-0.15, -0.1) is 11.3 Å². The average molecular weight is 419 g/mol. The van der Waals surface area contributed by atoms with Crippen LogP contribution in [0.5, 0.6) is 11.5 Å². The number of anilines is 1. The lowest BCUT2D eigenvalue weighted by molar-refractivity contribution is -0.118. The molecule has 0 fully saturated rings. The predicted molar refractivity (Wildman–Crippen MR) is 117 cm³/mol. The molecular weight excluding hydrogens is 396 g/mol. The van der Waals surface area contributed by atoms with Crippen molar-refractivity contribution in [1.82, 2.24) is 0 Å². The van der Waals surface area contributed by atoms with Gasteiger partial charge in [-0.3, -0.25) is 4.79 Å². The van der Waals surface area contributed by atoms with E-state index in [1.54, 1.807) is 12.1 Å². The van der Waals surface area contributed by atoms with E-state index in [2.05, 4.69) is 11.4 Å². The van der Waals surface area contributed by atoms with Crippen LogP contribution in [0.1, 0.15) is 34.4 Å². The highest BCUT2D eigenvalue weighted by Gasteiger charge is 2.21. The van der Waals surface area contributed by atoms with E-state index < -0.39 is 0 Å². The Morgan fingerprint density at radius 3 is 2.43 bits per heavy atom. The van der Waals surface area contributed by atoms with Gasteiger partial charge in [-0.1, -0.05) is 30.3 Å². The van der Waals surface area contributed by atoms with Crippen molar-refractivity contribution >= 4 is 22.2 Å². The molecule has 1 aliphatic carbocycles. The molecule has 0 atom stereocenters. The van der Waals surface area contributed by atoms with Crippen molar-refractivity contribution in [2.45, 2.75) is 32.3 Å². The summed E-state index contributed by atoms with van der Waals surface area (Å²) in [6.07, 6.45) is 4.14. The number of nitrogens with zero attached hydrogens (tertiary/aromatic N) is 1. The molecule has 6 heteroatoms. The van der Waals surface area contributed by atoms with Gasteiger partial charge < -0.3 is 14.8 Å². The number of aryl methyl sites for hydroxylation is 1. The Bertz CT molecular complexity index is 1050. The fourth-order valence-electron chi connectivity index (χ4n) is 3.46. The number of rotatable bonds is 7. The molecule has 2 aromatic carbocycles. The lowest BCUT2D eigenvalue weighted by atomic mass is 9.96. The molecule has 1 aliphatic rings. The van der Waals surface area contributed by atoms with Crippen LogP contribution in [-0.4, -0.2) is 12.5 Å². The number of thiophene rings is 1. The highest BCUT2D eigenvalue weighted by atomic mass is 32.1. The number of carbonyl (C=O) groups excluding carboxylic acids is 1. The number of fused-ring (bicyclic) bond motifs is 1. The van der Waals surface area contributed by atoms with Crippen molar-refractivity contribution in [3.63, 3.8) is 0 Å². The minimum absolute atomic E-state index is 0.113. The summed E-state index contributed by atoms with van der Waals surface area (Å²) in [6, 6.07) is 19.4. The number of nitriles is 1. The van der Waals surface area contributed by atoms with Gasteiger partial charge in [0.25, 0.3) is 5.91 Å². The average Bonchev–Trinajstić information content (AvgIpc) is 3.14. The van der Waals surface area contributed by atoms with E-state index in [0.29, 0.717) is 22.9 Å². The van der Waals surface area contributed by atoms with Crippen molar-refractivity contribution in [2.75, 3.05) is 11.9 Å². The molecular formula is C24H22N2O3S. The topological polar surface area (TPSA) is 71.4 Å². The molecule has 3 aromatic rings. The van der Waals surface area contributed by atoms with E-state index in [0.717, 1.165) is 42.6 Å². The molecule has 0 spiro atoms. The van der Waals surface area contributed by atoms with Gasteiger partial charge in [0.2, 0.25) is 0 Å². The first-order valence-corrected chi connectivity index (χ1v) is 10.8. The monoisotopic (exact) mass is 418 g/mol. The number of benzene rings is 2. The first-order chi connectivity index (χ1) is 14.7. The number of carbonyl (C=O) groups is 1. The molecule has 4 rings (SSSR count). The van der Waals surface area contributed by atoms with E-state index in [1.165, 1.54) is 16.2 Å². The first-order valence-electron chi connectivity index (χ1n) is 9.97. The van der Waals surface area contributed by atoms with Crippen LogP contribution >= 0.6 is 11.3 Å². The number of nitrogens with one attached hydrogen (secondary N) is 1. The normalized spacial score (nSPS) is 12.5. The lowest BCUT2D eigenvalue weighted by Crippen LogP contribution is -2.20. The summed E-state index contributed by atoms with van der Waals surface area (Å²) in [5.74, 6) is 1.05. The SMILES string of the molecule is N#Cc1c(NC(=O)COc2ccc(OCc3ccccc3)cc2)sc2c1CCCC2. The maximum atomic E-state index is 12.3. The second-order valence-corrected chi connectivity index (χ2v) is 8.21. The van der Waals surface area contributed by atoms with Crippen LogP contribution in [0, 0.1) is 11.3 Å². The Hall–Kier alpha value is -3.30. The minimum Gasteiger partial charge on any atom is -0.489 e. The summed E-state index contributed by atoms with van der Waals surface area (Å²) >= 11 is 1.52.